The SMILES string of the molecule is CCCC(Oc1cccc(Cl)c1CNC(C)C)C(=O)O. The molecular weight excluding hydrogens is 278 g/mol. The summed E-state index contributed by atoms with van der Waals surface area (Å²) in [6.07, 6.45) is 0.381. The molecule has 1 aromatic rings. The van der Waals surface area contributed by atoms with Crippen LogP contribution in [-0.2, 0) is 11.3 Å². The monoisotopic (exact) mass is 299 g/mol. The first kappa shape index (κ1) is 16.8. The van der Waals surface area contributed by atoms with Gasteiger partial charge in [0.15, 0.2) is 6.10 Å². The number of ether oxygens (including phenoxy) is 1. The maximum Gasteiger partial charge on any atom is 0.344 e. The summed E-state index contributed by atoms with van der Waals surface area (Å²) in [5, 5.41) is 13.0. The summed E-state index contributed by atoms with van der Waals surface area (Å²) in [5.41, 5.74) is 0.796. The number of carboxylic acids is 1. The molecule has 0 bridgehead atoms. The largest absolute Gasteiger partial charge is 0.479 e. The Morgan fingerprint density at radius 2 is 2.15 bits per heavy atom. The summed E-state index contributed by atoms with van der Waals surface area (Å²) in [4.78, 5) is 11.2. The lowest BCUT2D eigenvalue weighted by atomic mass is 10.1. The first-order chi connectivity index (χ1) is 9.45. The van der Waals surface area contributed by atoms with Crippen LogP contribution in [0.25, 0.3) is 0 Å². The van der Waals surface area contributed by atoms with Crippen LogP contribution < -0.4 is 10.1 Å². The summed E-state index contributed by atoms with van der Waals surface area (Å²) >= 11 is 6.19. The second-order valence-electron chi connectivity index (χ2n) is 4.99. The van der Waals surface area contributed by atoms with Gasteiger partial charge in [0.05, 0.1) is 0 Å². The minimum absolute atomic E-state index is 0.310. The zero-order valence-corrected chi connectivity index (χ0v) is 12.9. The Kier molecular flexibility index (Phi) is 6.82. The van der Waals surface area contributed by atoms with Gasteiger partial charge in [0.1, 0.15) is 5.75 Å². The molecule has 0 fully saturated rings. The molecule has 20 heavy (non-hydrogen) atoms. The van der Waals surface area contributed by atoms with Crippen LogP contribution in [0.15, 0.2) is 18.2 Å². The molecule has 0 spiro atoms. The quantitative estimate of drug-likeness (QED) is 0.771. The van der Waals surface area contributed by atoms with Gasteiger partial charge in [-0.15, -0.1) is 0 Å². The summed E-state index contributed by atoms with van der Waals surface area (Å²) < 4.78 is 5.64. The molecule has 0 heterocycles. The Morgan fingerprint density at radius 1 is 1.45 bits per heavy atom. The van der Waals surface area contributed by atoms with Crippen LogP contribution in [0.2, 0.25) is 5.02 Å². The third-order valence-corrected chi connectivity index (χ3v) is 3.21. The van der Waals surface area contributed by atoms with Crippen molar-refractivity contribution >= 4 is 17.6 Å². The molecule has 112 valence electrons. The number of hydrogen-bond acceptors (Lipinski definition) is 3. The van der Waals surface area contributed by atoms with Crippen molar-refractivity contribution in [3.05, 3.63) is 28.8 Å². The van der Waals surface area contributed by atoms with Crippen molar-refractivity contribution in [2.24, 2.45) is 0 Å². The molecule has 1 unspecified atom stereocenters. The number of benzene rings is 1. The highest BCUT2D eigenvalue weighted by Crippen LogP contribution is 2.28. The average molecular weight is 300 g/mol. The lowest BCUT2D eigenvalue weighted by molar-refractivity contribution is -0.145. The number of halogens is 1. The van der Waals surface area contributed by atoms with Crippen LogP contribution in [0, 0.1) is 0 Å². The Hall–Kier alpha value is -1.26. The van der Waals surface area contributed by atoms with Gasteiger partial charge < -0.3 is 15.2 Å². The minimum atomic E-state index is -0.949. The van der Waals surface area contributed by atoms with E-state index in [4.69, 9.17) is 16.3 Å². The van der Waals surface area contributed by atoms with E-state index in [1.165, 1.54) is 0 Å². The van der Waals surface area contributed by atoms with E-state index < -0.39 is 12.1 Å². The molecular formula is C15H22ClNO3. The van der Waals surface area contributed by atoms with Gasteiger partial charge in [0.25, 0.3) is 0 Å². The lowest BCUT2D eigenvalue weighted by Crippen LogP contribution is -2.28. The van der Waals surface area contributed by atoms with Crippen LogP contribution in [0.3, 0.4) is 0 Å². The normalized spacial score (nSPS) is 12.4. The van der Waals surface area contributed by atoms with E-state index in [-0.39, 0.29) is 0 Å². The van der Waals surface area contributed by atoms with Crippen LogP contribution >= 0.6 is 11.6 Å². The second-order valence-corrected chi connectivity index (χ2v) is 5.39. The predicted octanol–water partition coefficient (Wildman–Crippen LogP) is 3.47. The third kappa shape index (κ3) is 5.02. The number of carboxylic acid groups (broad SMARTS) is 1. The van der Waals surface area contributed by atoms with Crippen LogP contribution in [-0.4, -0.2) is 23.2 Å². The standard InChI is InChI=1S/C15H22ClNO3/c1-4-6-14(15(18)19)20-13-8-5-7-12(16)11(13)9-17-10(2)3/h5,7-8,10,14,17H,4,6,9H2,1-3H3,(H,18,19). The van der Waals surface area contributed by atoms with Gasteiger partial charge >= 0.3 is 5.97 Å². The molecule has 4 nitrogen and oxygen atoms in total. The fraction of sp³-hybridized carbons (Fsp3) is 0.533. The fourth-order valence-corrected chi connectivity index (χ4v) is 2.01. The van der Waals surface area contributed by atoms with Gasteiger partial charge in [-0.3, -0.25) is 0 Å². The van der Waals surface area contributed by atoms with Gasteiger partial charge in [-0.25, -0.2) is 4.79 Å². The first-order valence-electron chi connectivity index (χ1n) is 6.86. The Morgan fingerprint density at radius 3 is 2.70 bits per heavy atom. The molecule has 0 amide bonds. The van der Waals surface area contributed by atoms with Crippen LogP contribution in [0.4, 0.5) is 0 Å². The number of rotatable bonds is 8. The summed E-state index contributed by atoms with van der Waals surface area (Å²) in [5.74, 6) is -0.416. The second kappa shape index (κ2) is 8.12. The zero-order chi connectivity index (χ0) is 15.1. The molecule has 0 aliphatic rings. The molecule has 1 rings (SSSR count). The van der Waals surface area contributed by atoms with E-state index in [0.717, 1.165) is 12.0 Å². The van der Waals surface area contributed by atoms with Crippen molar-refractivity contribution in [3.63, 3.8) is 0 Å². The van der Waals surface area contributed by atoms with E-state index >= 15 is 0 Å². The summed E-state index contributed by atoms with van der Waals surface area (Å²) in [6.45, 7) is 6.55. The third-order valence-electron chi connectivity index (χ3n) is 2.86. The average Bonchev–Trinajstić information content (AvgIpc) is 2.37. The van der Waals surface area contributed by atoms with Crippen LogP contribution in [0.5, 0.6) is 5.75 Å². The zero-order valence-electron chi connectivity index (χ0n) is 12.1. The van der Waals surface area contributed by atoms with E-state index in [0.29, 0.717) is 29.8 Å². The summed E-state index contributed by atoms with van der Waals surface area (Å²) in [6, 6.07) is 5.61. The maximum atomic E-state index is 11.2. The van der Waals surface area contributed by atoms with Gasteiger partial charge in [-0.2, -0.15) is 0 Å². The Labute approximate surface area is 125 Å². The van der Waals surface area contributed by atoms with Crippen molar-refractivity contribution in [3.8, 4) is 5.75 Å². The molecule has 5 heteroatoms. The lowest BCUT2D eigenvalue weighted by Gasteiger charge is -2.19. The van der Waals surface area contributed by atoms with Gasteiger partial charge in [-0.05, 0) is 18.6 Å². The van der Waals surface area contributed by atoms with E-state index in [9.17, 15) is 9.90 Å². The van der Waals surface area contributed by atoms with Crippen molar-refractivity contribution in [1.82, 2.24) is 5.32 Å². The fourth-order valence-electron chi connectivity index (χ4n) is 1.78. The van der Waals surface area contributed by atoms with Crippen molar-refractivity contribution in [1.29, 1.82) is 0 Å². The minimum Gasteiger partial charge on any atom is -0.479 e. The highest BCUT2D eigenvalue weighted by atomic mass is 35.5. The van der Waals surface area contributed by atoms with E-state index in [2.05, 4.69) is 5.32 Å². The predicted molar refractivity (Wildman–Crippen MR) is 80.4 cm³/mol. The molecule has 0 aliphatic carbocycles. The maximum absolute atomic E-state index is 11.2. The van der Waals surface area contributed by atoms with Gasteiger partial charge in [0.2, 0.25) is 0 Å². The molecule has 0 aromatic heterocycles. The molecule has 0 saturated carbocycles. The molecule has 0 radical (unpaired) electrons. The van der Waals surface area contributed by atoms with Crippen molar-refractivity contribution in [2.75, 3.05) is 0 Å². The van der Waals surface area contributed by atoms with Crippen LogP contribution in [0.1, 0.15) is 39.2 Å². The Balaban J connectivity index is 2.92. The summed E-state index contributed by atoms with van der Waals surface area (Å²) in [7, 11) is 0. The molecule has 0 saturated heterocycles. The number of nitrogens with one attached hydrogen (secondary N) is 1. The topological polar surface area (TPSA) is 58.6 Å². The van der Waals surface area contributed by atoms with Gasteiger partial charge in [-0.1, -0.05) is 44.9 Å². The van der Waals surface area contributed by atoms with Crippen molar-refractivity contribution in [2.45, 2.75) is 52.3 Å². The van der Waals surface area contributed by atoms with Gasteiger partial charge in [0, 0.05) is 23.2 Å². The van der Waals surface area contributed by atoms with E-state index in [1.807, 2.05) is 20.8 Å². The smallest absolute Gasteiger partial charge is 0.344 e. The molecule has 0 aliphatic heterocycles. The molecule has 1 aromatic carbocycles. The van der Waals surface area contributed by atoms with Crippen molar-refractivity contribution < 1.29 is 14.6 Å². The number of carbonyl (C=O) groups is 1. The van der Waals surface area contributed by atoms with E-state index in [1.54, 1.807) is 18.2 Å². The Bertz CT molecular complexity index is 449. The highest BCUT2D eigenvalue weighted by Gasteiger charge is 2.20. The number of hydrogen-bond donors (Lipinski definition) is 2. The number of aliphatic carboxylic acids is 1. The molecule has 2 N–H and O–H groups in total. The first-order valence-corrected chi connectivity index (χ1v) is 7.23. The molecule has 1 atom stereocenters. The highest BCUT2D eigenvalue weighted by molar-refractivity contribution is 6.31.